The molecule has 4 heterocycles. The van der Waals surface area contributed by atoms with Crippen LogP contribution in [0.25, 0.3) is 22.4 Å². The fourth-order valence-electron chi connectivity index (χ4n) is 4.51. The van der Waals surface area contributed by atoms with E-state index in [9.17, 15) is 5.11 Å². The summed E-state index contributed by atoms with van der Waals surface area (Å²) in [6.45, 7) is 4.21. The molecule has 2 fully saturated rings. The number of benzene rings is 1. The van der Waals surface area contributed by atoms with Gasteiger partial charge in [-0.05, 0) is 55.3 Å². The van der Waals surface area contributed by atoms with Gasteiger partial charge in [-0.2, -0.15) is 5.10 Å². The topological polar surface area (TPSA) is 103 Å². The zero-order valence-corrected chi connectivity index (χ0v) is 16.3. The third-order valence-electron chi connectivity index (χ3n) is 6.32. The Morgan fingerprint density at radius 3 is 2.59 bits per heavy atom. The molecule has 0 aliphatic carbocycles. The molecule has 150 valence electrons. The van der Waals surface area contributed by atoms with E-state index in [1.165, 1.54) is 25.7 Å². The minimum absolute atomic E-state index is 0.150. The highest BCUT2D eigenvalue weighted by Crippen LogP contribution is 2.38. The van der Waals surface area contributed by atoms with Crippen LogP contribution in [0, 0.1) is 5.41 Å². The fourth-order valence-corrected chi connectivity index (χ4v) is 4.51. The standard InChI is InChI=1S/C21H25N7O/c29-19-10-15(16-11-24-25-12-16)2-3-17(19)18-13-23-20(27-26-18)28-8-5-21(6-9-28)4-1-7-22-14-21/h2-3,10-13,22,29H,1,4-9,14H2,(H,24,25). The molecule has 1 aromatic carbocycles. The number of aromatic hydroxyl groups is 1. The summed E-state index contributed by atoms with van der Waals surface area (Å²) in [6, 6.07) is 5.47. The molecule has 0 atom stereocenters. The number of phenolic OH excluding ortho intramolecular Hbond substituents is 1. The second-order valence-corrected chi connectivity index (χ2v) is 8.13. The zero-order valence-electron chi connectivity index (χ0n) is 16.3. The maximum Gasteiger partial charge on any atom is 0.245 e. The minimum atomic E-state index is 0.150. The van der Waals surface area contributed by atoms with E-state index in [4.69, 9.17) is 0 Å². The Morgan fingerprint density at radius 1 is 1.03 bits per heavy atom. The Bertz CT molecular complexity index is 955. The van der Waals surface area contributed by atoms with Crippen molar-refractivity contribution in [1.82, 2.24) is 30.7 Å². The van der Waals surface area contributed by atoms with E-state index in [-0.39, 0.29) is 5.75 Å². The number of hydrogen-bond donors (Lipinski definition) is 3. The van der Waals surface area contributed by atoms with Crippen LogP contribution in [0.1, 0.15) is 25.7 Å². The first-order valence-corrected chi connectivity index (χ1v) is 10.2. The molecule has 0 radical (unpaired) electrons. The van der Waals surface area contributed by atoms with Gasteiger partial charge in [0, 0.05) is 37.0 Å². The summed E-state index contributed by atoms with van der Waals surface area (Å²) in [5.74, 6) is 0.819. The molecule has 2 aliphatic heterocycles. The molecule has 5 rings (SSSR count). The molecule has 1 spiro atoms. The van der Waals surface area contributed by atoms with E-state index in [1.807, 2.05) is 12.1 Å². The van der Waals surface area contributed by atoms with E-state index >= 15 is 0 Å². The SMILES string of the molecule is Oc1cc(-c2cn[nH]c2)ccc1-c1cnc(N2CCC3(CCCNC3)CC2)nn1. The summed E-state index contributed by atoms with van der Waals surface area (Å²) >= 11 is 0. The fraction of sp³-hybridized carbons (Fsp3) is 0.429. The van der Waals surface area contributed by atoms with E-state index in [1.54, 1.807) is 24.7 Å². The molecular formula is C21H25N7O. The maximum atomic E-state index is 10.5. The Morgan fingerprint density at radius 2 is 1.93 bits per heavy atom. The molecule has 29 heavy (non-hydrogen) atoms. The second-order valence-electron chi connectivity index (χ2n) is 8.13. The first-order valence-electron chi connectivity index (χ1n) is 10.2. The molecule has 3 N–H and O–H groups in total. The molecule has 0 saturated carbocycles. The molecule has 3 aromatic rings. The predicted molar refractivity (Wildman–Crippen MR) is 110 cm³/mol. The highest BCUT2D eigenvalue weighted by atomic mass is 16.3. The monoisotopic (exact) mass is 391 g/mol. The van der Waals surface area contributed by atoms with Crippen molar-refractivity contribution in [1.29, 1.82) is 0 Å². The lowest BCUT2D eigenvalue weighted by atomic mass is 9.73. The smallest absolute Gasteiger partial charge is 0.245 e. The molecule has 0 amide bonds. The number of nitrogens with zero attached hydrogens (tertiary/aromatic N) is 5. The third-order valence-corrected chi connectivity index (χ3v) is 6.32. The van der Waals surface area contributed by atoms with Gasteiger partial charge in [-0.3, -0.25) is 5.10 Å². The largest absolute Gasteiger partial charge is 0.507 e. The maximum absolute atomic E-state index is 10.5. The molecule has 2 aromatic heterocycles. The summed E-state index contributed by atoms with van der Waals surface area (Å²) in [5, 5.41) is 29.4. The number of phenols is 1. The molecule has 0 unspecified atom stereocenters. The number of nitrogens with one attached hydrogen (secondary N) is 2. The van der Waals surface area contributed by atoms with Crippen molar-refractivity contribution in [2.75, 3.05) is 31.1 Å². The Kier molecular flexibility index (Phi) is 4.63. The van der Waals surface area contributed by atoms with Gasteiger partial charge in [0.25, 0.3) is 0 Å². The van der Waals surface area contributed by atoms with Crippen LogP contribution in [0.4, 0.5) is 5.95 Å². The quantitative estimate of drug-likeness (QED) is 0.631. The lowest BCUT2D eigenvalue weighted by Gasteiger charge is -2.44. The molecular weight excluding hydrogens is 366 g/mol. The third kappa shape index (κ3) is 3.55. The van der Waals surface area contributed by atoms with Crippen LogP contribution in [0.5, 0.6) is 5.75 Å². The van der Waals surface area contributed by atoms with Gasteiger partial charge < -0.3 is 15.3 Å². The first-order chi connectivity index (χ1) is 14.2. The van der Waals surface area contributed by atoms with Gasteiger partial charge in [-0.25, -0.2) is 4.98 Å². The minimum Gasteiger partial charge on any atom is -0.507 e. The number of rotatable bonds is 3. The van der Waals surface area contributed by atoms with Gasteiger partial charge in [0.1, 0.15) is 11.4 Å². The molecule has 8 heteroatoms. The van der Waals surface area contributed by atoms with Gasteiger partial charge in [0.05, 0.1) is 12.4 Å². The van der Waals surface area contributed by atoms with E-state index in [0.29, 0.717) is 22.6 Å². The molecule has 2 aliphatic rings. The van der Waals surface area contributed by atoms with Crippen LogP contribution < -0.4 is 10.2 Å². The summed E-state index contributed by atoms with van der Waals surface area (Å²) in [4.78, 5) is 6.76. The van der Waals surface area contributed by atoms with Crippen LogP contribution in [-0.2, 0) is 0 Å². The molecule has 0 bridgehead atoms. The van der Waals surface area contributed by atoms with Gasteiger partial charge in [0.15, 0.2) is 0 Å². The highest BCUT2D eigenvalue weighted by Gasteiger charge is 2.36. The summed E-state index contributed by atoms with van der Waals surface area (Å²) < 4.78 is 0. The first kappa shape index (κ1) is 18.1. The average molecular weight is 391 g/mol. The van der Waals surface area contributed by atoms with Crippen LogP contribution in [0.2, 0.25) is 0 Å². The van der Waals surface area contributed by atoms with Crippen molar-refractivity contribution in [2.24, 2.45) is 5.41 Å². The molecule has 8 nitrogen and oxygen atoms in total. The number of hydrogen-bond acceptors (Lipinski definition) is 7. The van der Waals surface area contributed by atoms with Crippen LogP contribution in [0.15, 0.2) is 36.8 Å². The number of aromatic amines is 1. The van der Waals surface area contributed by atoms with Crippen LogP contribution in [0.3, 0.4) is 0 Å². The van der Waals surface area contributed by atoms with Gasteiger partial charge in [-0.1, -0.05) is 6.07 Å². The Hall–Kier alpha value is -3.00. The summed E-state index contributed by atoms with van der Waals surface area (Å²) in [7, 11) is 0. The number of anilines is 1. The number of aromatic nitrogens is 5. The Labute approximate surface area is 169 Å². The van der Waals surface area contributed by atoms with Crippen molar-refractivity contribution in [3.63, 3.8) is 0 Å². The highest BCUT2D eigenvalue weighted by molar-refractivity contribution is 5.73. The molecule has 2 saturated heterocycles. The van der Waals surface area contributed by atoms with Crippen molar-refractivity contribution in [3.05, 3.63) is 36.8 Å². The zero-order chi connectivity index (χ0) is 19.7. The van der Waals surface area contributed by atoms with Crippen molar-refractivity contribution in [2.45, 2.75) is 25.7 Å². The average Bonchev–Trinajstić information content (AvgIpc) is 3.30. The summed E-state index contributed by atoms with van der Waals surface area (Å²) in [6.07, 6.45) is 10.1. The van der Waals surface area contributed by atoms with E-state index < -0.39 is 0 Å². The predicted octanol–water partition coefficient (Wildman–Crippen LogP) is 2.60. The van der Waals surface area contributed by atoms with E-state index in [2.05, 4.69) is 35.6 Å². The van der Waals surface area contributed by atoms with Crippen LogP contribution in [-0.4, -0.2) is 56.7 Å². The number of piperidine rings is 2. The normalized spacial score (nSPS) is 18.8. The van der Waals surface area contributed by atoms with Crippen molar-refractivity contribution in [3.8, 4) is 28.1 Å². The van der Waals surface area contributed by atoms with Gasteiger partial charge >= 0.3 is 0 Å². The van der Waals surface area contributed by atoms with Gasteiger partial charge in [-0.15, -0.1) is 10.2 Å². The second kappa shape index (κ2) is 7.44. The lowest BCUT2D eigenvalue weighted by molar-refractivity contribution is 0.161. The lowest BCUT2D eigenvalue weighted by Crippen LogP contribution is -2.48. The van der Waals surface area contributed by atoms with Crippen molar-refractivity contribution < 1.29 is 5.11 Å². The summed E-state index contributed by atoms with van der Waals surface area (Å²) in [5.41, 5.74) is 3.44. The van der Waals surface area contributed by atoms with E-state index in [0.717, 1.165) is 37.3 Å². The van der Waals surface area contributed by atoms with Gasteiger partial charge in [0.2, 0.25) is 5.95 Å². The number of H-pyrrole nitrogens is 1. The van der Waals surface area contributed by atoms with Crippen molar-refractivity contribution >= 4 is 5.95 Å². The Balaban J connectivity index is 1.29. The van der Waals surface area contributed by atoms with Crippen LogP contribution >= 0.6 is 0 Å².